The minimum atomic E-state index is -5.17. The van der Waals surface area contributed by atoms with Crippen LogP contribution in [0.15, 0.2) is 24.3 Å². The molecule has 0 spiro atoms. The van der Waals surface area contributed by atoms with Crippen LogP contribution in [-0.4, -0.2) is 38.0 Å². The average molecular weight is 291 g/mol. The van der Waals surface area contributed by atoms with Crippen LogP contribution in [0.1, 0.15) is 12.5 Å². The summed E-state index contributed by atoms with van der Waals surface area (Å²) in [5.41, 5.74) is -3.59. The minimum absolute atomic E-state index is 0.257. The van der Waals surface area contributed by atoms with Gasteiger partial charge in [-0.1, -0.05) is 12.1 Å². The number of halogens is 3. The van der Waals surface area contributed by atoms with Gasteiger partial charge in [-0.3, -0.25) is 0 Å². The van der Waals surface area contributed by atoms with Crippen LogP contribution in [0.5, 0.6) is 0 Å². The van der Waals surface area contributed by atoms with Gasteiger partial charge < -0.3 is 14.7 Å². The molecule has 0 aliphatic rings. The Morgan fingerprint density at radius 3 is 2.10 bits per heavy atom. The van der Waals surface area contributed by atoms with E-state index in [2.05, 4.69) is 4.74 Å². The first-order valence-electron chi connectivity index (χ1n) is 5.88. The molecule has 4 nitrogen and oxygen atoms in total. The zero-order chi connectivity index (χ0) is 15.6. The van der Waals surface area contributed by atoms with Crippen molar-refractivity contribution in [3.05, 3.63) is 29.8 Å². The molecule has 0 bridgehead atoms. The van der Waals surface area contributed by atoms with Crippen LogP contribution in [0, 0.1) is 0 Å². The molecule has 1 aromatic carbocycles. The summed E-state index contributed by atoms with van der Waals surface area (Å²) in [6.45, 7) is 1.11. The topological polar surface area (TPSA) is 49.8 Å². The second kappa shape index (κ2) is 5.70. The predicted molar refractivity (Wildman–Crippen MR) is 67.4 cm³/mol. The van der Waals surface area contributed by atoms with Gasteiger partial charge in [-0.05, 0) is 19.1 Å². The second-order valence-electron chi connectivity index (χ2n) is 4.37. The van der Waals surface area contributed by atoms with Crippen molar-refractivity contribution in [2.45, 2.75) is 18.7 Å². The maximum atomic E-state index is 13.1. The molecule has 20 heavy (non-hydrogen) atoms. The molecular weight excluding hydrogens is 275 g/mol. The lowest BCUT2D eigenvalue weighted by Gasteiger charge is -2.28. The molecule has 0 saturated heterocycles. The number of benzene rings is 1. The fourth-order valence-electron chi connectivity index (χ4n) is 1.63. The highest BCUT2D eigenvalue weighted by Gasteiger charge is 2.62. The standard InChI is InChI=1S/C13H16F3NO3/c1-4-20-11(18)12(19,13(14,15)16)9-5-7-10(8-6-9)17(2)3/h5-8,19H,4H2,1-3H3. The van der Waals surface area contributed by atoms with Crippen LogP contribution in [-0.2, 0) is 15.1 Å². The summed E-state index contributed by atoms with van der Waals surface area (Å²) in [7, 11) is 3.44. The molecule has 1 N–H and O–H groups in total. The molecule has 0 aliphatic heterocycles. The Hall–Kier alpha value is -1.76. The molecule has 0 radical (unpaired) electrons. The summed E-state index contributed by atoms with van der Waals surface area (Å²) in [4.78, 5) is 13.2. The van der Waals surface area contributed by atoms with Gasteiger partial charge in [0.15, 0.2) is 0 Å². The molecular formula is C13H16F3NO3. The molecule has 0 heterocycles. The molecule has 1 rings (SSSR count). The van der Waals surface area contributed by atoms with Crippen LogP contribution in [0.3, 0.4) is 0 Å². The van der Waals surface area contributed by atoms with E-state index in [4.69, 9.17) is 0 Å². The van der Waals surface area contributed by atoms with E-state index in [-0.39, 0.29) is 6.61 Å². The monoisotopic (exact) mass is 291 g/mol. The summed E-state index contributed by atoms with van der Waals surface area (Å²) < 4.78 is 43.5. The molecule has 7 heteroatoms. The Morgan fingerprint density at radius 2 is 1.75 bits per heavy atom. The SMILES string of the molecule is CCOC(=O)C(O)(c1ccc(N(C)C)cc1)C(F)(F)F. The van der Waals surface area contributed by atoms with Crippen molar-refractivity contribution in [3.63, 3.8) is 0 Å². The van der Waals surface area contributed by atoms with Crippen molar-refractivity contribution in [2.75, 3.05) is 25.6 Å². The summed E-state index contributed by atoms with van der Waals surface area (Å²) in [5, 5.41) is 9.84. The van der Waals surface area contributed by atoms with Gasteiger partial charge in [0.2, 0.25) is 0 Å². The first-order chi connectivity index (χ1) is 9.14. The number of rotatable bonds is 4. The fraction of sp³-hybridized carbons (Fsp3) is 0.462. The van der Waals surface area contributed by atoms with Gasteiger partial charge in [-0.2, -0.15) is 13.2 Å². The first kappa shape index (κ1) is 16.3. The first-order valence-corrected chi connectivity index (χ1v) is 5.88. The van der Waals surface area contributed by atoms with Gasteiger partial charge in [-0.25, -0.2) is 4.79 Å². The van der Waals surface area contributed by atoms with E-state index in [1.54, 1.807) is 19.0 Å². The highest BCUT2D eigenvalue weighted by molar-refractivity contribution is 5.82. The van der Waals surface area contributed by atoms with E-state index in [1.807, 2.05) is 0 Å². The van der Waals surface area contributed by atoms with Crippen LogP contribution < -0.4 is 4.90 Å². The molecule has 0 amide bonds. The number of hydrogen-bond donors (Lipinski definition) is 1. The number of alkyl halides is 3. The van der Waals surface area contributed by atoms with E-state index in [1.165, 1.54) is 19.1 Å². The van der Waals surface area contributed by atoms with Crippen LogP contribution in [0.4, 0.5) is 18.9 Å². The van der Waals surface area contributed by atoms with Gasteiger partial charge in [0, 0.05) is 25.3 Å². The Balaban J connectivity index is 3.28. The fourth-order valence-corrected chi connectivity index (χ4v) is 1.63. The minimum Gasteiger partial charge on any atom is -0.463 e. The number of esters is 1. The van der Waals surface area contributed by atoms with Gasteiger partial charge in [0.1, 0.15) is 0 Å². The van der Waals surface area contributed by atoms with Gasteiger partial charge in [0.05, 0.1) is 6.61 Å². The second-order valence-corrected chi connectivity index (χ2v) is 4.37. The number of ether oxygens (including phenoxy) is 1. The Labute approximate surface area is 114 Å². The van der Waals surface area contributed by atoms with Crippen molar-refractivity contribution < 1.29 is 27.8 Å². The van der Waals surface area contributed by atoms with E-state index < -0.39 is 23.3 Å². The smallest absolute Gasteiger partial charge is 0.432 e. The third kappa shape index (κ3) is 2.87. The lowest BCUT2D eigenvalue weighted by Crippen LogP contribution is -2.50. The largest absolute Gasteiger partial charge is 0.463 e. The average Bonchev–Trinajstić information content (AvgIpc) is 2.36. The van der Waals surface area contributed by atoms with E-state index in [0.29, 0.717) is 5.69 Å². The lowest BCUT2D eigenvalue weighted by molar-refractivity contribution is -0.267. The third-order valence-electron chi connectivity index (χ3n) is 2.78. The summed E-state index contributed by atoms with van der Waals surface area (Å²) >= 11 is 0. The van der Waals surface area contributed by atoms with Gasteiger partial charge >= 0.3 is 12.1 Å². The van der Waals surface area contributed by atoms with E-state index >= 15 is 0 Å². The molecule has 0 saturated carbocycles. The molecule has 1 atom stereocenters. The van der Waals surface area contributed by atoms with Crippen molar-refractivity contribution in [1.29, 1.82) is 0 Å². The zero-order valence-electron chi connectivity index (χ0n) is 11.4. The Kier molecular flexibility index (Phi) is 4.65. The highest BCUT2D eigenvalue weighted by Crippen LogP contribution is 2.40. The number of anilines is 1. The van der Waals surface area contributed by atoms with Crippen molar-refractivity contribution in [3.8, 4) is 0 Å². The number of hydrogen-bond acceptors (Lipinski definition) is 4. The normalized spacial score (nSPS) is 14.6. The maximum Gasteiger partial charge on any atom is 0.432 e. The molecule has 0 fully saturated rings. The summed E-state index contributed by atoms with van der Waals surface area (Å²) in [6.07, 6.45) is -5.17. The lowest BCUT2D eigenvalue weighted by atomic mass is 9.93. The van der Waals surface area contributed by atoms with Crippen molar-refractivity contribution in [1.82, 2.24) is 0 Å². The maximum absolute atomic E-state index is 13.1. The number of aliphatic hydroxyl groups is 1. The van der Waals surface area contributed by atoms with Gasteiger partial charge in [-0.15, -0.1) is 0 Å². The Morgan fingerprint density at radius 1 is 1.25 bits per heavy atom. The number of nitrogens with zero attached hydrogens (tertiary/aromatic N) is 1. The molecule has 1 aromatic rings. The van der Waals surface area contributed by atoms with Gasteiger partial charge in [0.25, 0.3) is 5.60 Å². The van der Waals surface area contributed by atoms with Crippen molar-refractivity contribution in [2.24, 2.45) is 0 Å². The van der Waals surface area contributed by atoms with Crippen LogP contribution >= 0.6 is 0 Å². The summed E-state index contributed by atoms with van der Waals surface area (Å²) in [5.74, 6) is -1.73. The quantitative estimate of drug-likeness (QED) is 0.863. The number of carbonyl (C=O) groups excluding carboxylic acids is 1. The highest BCUT2D eigenvalue weighted by atomic mass is 19.4. The molecule has 1 unspecified atom stereocenters. The van der Waals surface area contributed by atoms with Crippen LogP contribution in [0.2, 0.25) is 0 Å². The van der Waals surface area contributed by atoms with E-state index in [9.17, 15) is 23.1 Å². The van der Waals surface area contributed by atoms with Crippen molar-refractivity contribution >= 4 is 11.7 Å². The van der Waals surface area contributed by atoms with E-state index in [0.717, 1.165) is 12.1 Å². The molecule has 0 aliphatic carbocycles. The summed E-state index contributed by atoms with van der Waals surface area (Å²) in [6, 6.07) is 4.87. The predicted octanol–water partition coefficient (Wildman–Crippen LogP) is 2.07. The zero-order valence-corrected chi connectivity index (χ0v) is 11.4. The number of carbonyl (C=O) groups is 1. The molecule has 0 aromatic heterocycles. The van der Waals surface area contributed by atoms with Crippen LogP contribution in [0.25, 0.3) is 0 Å². The molecule has 112 valence electrons. The third-order valence-corrected chi connectivity index (χ3v) is 2.78. The Bertz CT molecular complexity index is 471.